The largest absolute Gasteiger partial charge is 0.467 e. The Bertz CT molecular complexity index is 686. The number of tetrazole rings is 1. The number of nitrogens with zero attached hydrogens (tertiary/aromatic N) is 4. The lowest BCUT2D eigenvalue weighted by molar-refractivity contribution is -0.146. The van der Waals surface area contributed by atoms with Crippen LogP contribution in [0.3, 0.4) is 0 Å². The molecule has 2 atom stereocenters. The lowest BCUT2D eigenvalue weighted by Crippen LogP contribution is -2.46. The minimum Gasteiger partial charge on any atom is -0.467 e. The molecule has 128 valence electrons. The molecular weight excluding hydrogens is 310 g/mol. The minimum absolute atomic E-state index is 0.0371. The van der Waals surface area contributed by atoms with Crippen molar-refractivity contribution in [3.8, 4) is 11.4 Å². The number of rotatable bonds is 7. The number of carbonyl (C=O) groups excluding carboxylic acids is 2. The van der Waals surface area contributed by atoms with Crippen LogP contribution < -0.4 is 5.32 Å². The highest BCUT2D eigenvalue weighted by molar-refractivity contribution is 5.84. The van der Waals surface area contributed by atoms with Gasteiger partial charge in [0.2, 0.25) is 11.7 Å². The standard InChI is InChI=1S/C16H21N5O3/c1-4-11(2)14(16(23)24-3)17-13(22)10-21-19-15(18-20-21)12-8-6-5-7-9-12/h5-9,11,14H,4,10H2,1-3H3,(H,17,22)/t11-,14-/m0/s1. The quantitative estimate of drug-likeness (QED) is 0.761. The summed E-state index contributed by atoms with van der Waals surface area (Å²) in [5.41, 5.74) is 0.816. The van der Waals surface area contributed by atoms with Gasteiger partial charge in [-0.2, -0.15) is 4.80 Å². The number of methoxy groups -OCH3 is 1. The first-order chi connectivity index (χ1) is 11.5. The summed E-state index contributed by atoms with van der Waals surface area (Å²) >= 11 is 0. The van der Waals surface area contributed by atoms with Gasteiger partial charge in [-0.15, -0.1) is 10.2 Å². The van der Waals surface area contributed by atoms with Gasteiger partial charge in [-0.3, -0.25) is 4.79 Å². The lowest BCUT2D eigenvalue weighted by Gasteiger charge is -2.21. The molecule has 0 bridgehead atoms. The SMILES string of the molecule is CC[C@H](C)[C@H](NC(=O)Cn1nnc(-c2ccccc2)n1)C(=O)OC. The summed E-state index contributed by atoms with van der Waals surface area (Å²) in [4.78, 5) is 25.2. The number of hydrogen-bond acceptors (Lipinski definition) is 6. The third-order valence-corrected chi connectivity index (χ3v) is 3.75. The molecule has 1 amide bonds. The first-order valence-corrected chi connectivity index (χ1v) is 7.75. The van der Waals surface area contributed by atoms with Crippen LogP contribution in [0.4, 0.5) is 0 Å². The van der Waals surface area contributed by atoms with Crippen molar-refractivity contribution in [2.45, 2.75) is 32.9 Å². The van der Waals surface area contributed by atoms with Gasteiger partial charge in [-0.1, -0.05) is 50.6 Å². The van der Waals surface area contributed by atoms with Gasteiger partial charge in [-0.05, 0) is 11.1 Å². The molecule has 0 fully saturated rings. The van der Waals surface area contributed by atoms with Crippen molar-refractivity contribution in [3.05, 3.63) is 30.3 Å². The molecule has 8 heteroatoms. The third-order valence-electron chi connectivity index (χ3n) is 3.75. The molecule has 1 heterocycles. The fraction of sp³-hybridized carbons (Fsp3) is 0.438. The smallest absolute Gasteiger partial charge is 0.328 e. The highest BCUT2D eigenvalue weighted by atomic mass is 16.5. The van der Waals surface area contributed by atoms with Crippen LogP contribution in [0.1, 0.15) is 20.3 Å². The fourth-order valence-corrected chi connectivity index (χ4v) is 2.16. The Hall–Kier alpha value is -2.77. The number of ether oxygens (including phenoxy) is 1. The van der Waals surface area contributed by atoms with Crippen molar-refractivity contribution in [2.24, 2.45) is 5.92 Å². The highest BCUT2D eigenvalue weighted by Gasteiger charge is 2.26. The number of carbonyl (C=O) groups is 2. The first-order valence-electron chi connectivity index (χ1n) is 7.75. The maximum absolute atomic E-state index is 12.2. The van der Waals surface area contributed by atoms with E-state index in [1.165, 1.54) is 11.9 Å². The zero-order valence-electron chi connectivity index (χ0n) is 14.0. The predicted octanol–water partition coefficient (Wildman–Crippen LogP) is 1.04. The molecule has 0 saturated heterocycles. The van der Waals surface area contributed by atoms with Crippen molar-refractivity contribution < 1.29 is 14.3 Å². The molecule has 1 N–H and O–H groups in total. The van der Waals surface area contributed by atoms with Crippen LogP contribution >= 0.6 is 0 Å². The Kier molecular flexibility index (Phi) is 6.00. The topological polar surface area (TPSA) is 99.0 Å². The summed E-state index contributed by atoms with van der Waals surface area (Å²) < 4.78 is 4.74. The number of nitrogens with one attached hydrogen (secondary N) is 1. The monoisotopic (exact) mass is 331 g/mol. The molecule has 0 unspecified atom stereocenters. The molecule has 0 aliphatic heterocycles. The zero-order chi connectivity index (χ0) is 17.5. The third kappa shape index (κ3) is 4.37. The van der Waals surface area contributed by atoms with Gasteiger partial charge < -0.3 is 10.1 Å². The van der Waals surface area contributed by atoms with E-state index in [2.05, 4.69) is 20.7 Å². The van der Waals surface area contributed by atoms with Gasteiger partial charge in [0.05, 0.1) is 7.11 Å². The van der Waals surface area contributed by atoms with Crippen molar-refractivity contribution >= 4 is 11.9 Å². The first kappa shape index (κ1) is 17.6. The maximum Gasteiger partial charge on any atom is 0.328 e. The van der Waals surface area contributed by atoms with E-state index in [0.29, 0.717) is 5.82 Å². The average Bonchev–Trinajstić information content (AvgIpc) is 3.07. The van der Waals surface area contributed by atoms with E-state index in [0.717, 1.165) is 12.0 Å². The van der Waals surface area contributed by atoms with Gasteiger partial charge >= 0.3 is 5.97 Å². The summed E-state index contributed by atoms with van der Waals surface area (Å²) in [5, 5.41) is 14.6. The molecule has 0 radical (unpaired) electrons. The van der Waals surface area contributed by atoms with Crippen LogP contribution in [0.5, 0.6) is 0 Å². The van der Waals surface area contributed by atoms with Gasteiger partial charge in [0.1, 0.15) is 12.6 Å². The number of esters is 1. The second-order valence-electron chi connectivity index (χ2n) is 5.46. The molecule has 0 spiro atoms. The predicted molar refractivity (Wildman–Crippen MR) is 86.7 cm³/mol. The van der Waals surface area contributed by atoms with Gasteiger partial charge in [0.15, 0.2) is 0 Å². The average molecular weight is 331 g/mol. The molecule has 1 aromatic heterocycles. The summed E-state index contributed by atoms with van der Waals surface area (Å²) in [6.07, 6.45) is 0.736. The molecule has 24 heavy (non-hydrogen) atoms. The normalized spacial score (nSPS) is 13.1. The highest BCUT2D eigenvalue weighted by Crippen LogP contribution is 2.12. The molecule has 0 saturated carbocycles. The van der Waals surface area contributed by atoms with Gasteiger partial charge in [0.25, 0.3) is 0 Å². The van der Waals surface area contributed by atoms with Crippen LogP contribution in [0.25, 0.3) is 11.4 Å². The van der Waals surface area contributed by atoms with Crippen molar-refractivity contribution in [3.63, 3.8) is 0 Å². The van der Waals surface area contributed by atoms with E-state index in [-0.39, 0.29) is 18.4 Å². The minimum atomic E-state index is -0.690. The molecule has 0 aliphatic rings. The number of amides is 1. The molecule has 2 rings (SSSR count). The van der Waals surface area contributed by atoms with Crippen LogP contribution in [-0.2, 0) is 20.9 Å². The van der Waals surface area contributed by atoms with Crippen LogP contribution in [0, 0.1) is 5.92 Å². The number of aromatic nitrogens is 4. The second-order valence-corrected chi connectivity index (χ2v) is 5.46. The van der Waals surface area contributed by atoms with Crippen LogP contribution in [-0.4, -0.2) is 45.2 Å². The fourth-order valence-electron chi connectivity index (χ4n) is 2.16. The van der Waals surface area contributed by atoms with Crippen LogP contribution in [0.2, 0.25) is 0 Å². The van der Waals surface area contributed by atoms with E-state index in [4.69, 9.17) is 4.74 Å². The Morgan fingerprint density at radius 1 is 1.29 bits per heavy atom. The molecule has 2 aromatic rings. The van der Waals surface area contributed by atoms with Gasteiger partial charge in [-0.25, -0.2) is 4.79 Å². The van der Waals surface area contributed by atoms with E-state index >= 15 is 0 Å². The van der Waals surface area contributed by atoms with Gasteiger partial charge in [0, 0.05) is 5.56 Å². The van der Waals surface area contributed by atoms with Crippen LogP contribution in [0.15, 0.2) is 30.3 Å². The molecule has 1 aromatic carbocycles. The Balaban J connectivity index is 2.01. The molecule has 0 aliphatic carbocycles. The summed E-state index contributed by atoms with van der Waals surface area (Å²) in [5.74, 6) is -0.434. The Morgan fingerprint density at radius 2 is 2.00 bits per heavy atom. The summed E-state index contributed by atoms with van der Waals surface area (Å²) in [6, 6.07) is 8.66. The van der Waals surface area contributed by atoms with E-state index in [1.54, 1.807) is 0 Å². The molecular formula is C16H21N5O3. The lowest BCUT2D eigenvalue weighted by atomic mass is 9.99. The van der Waals surface area contributed by atoms with Crippen molar-refractivity contribution in [1.29, 1.82) is 0 Å². The maximum atomic E-state index is 12.2. The van der Waals surface area contributed by atoms with E-state index < -0.39 is 12.0 Å². The number of benzene rings is 1. The number of hydrogen-bond donors (Lipinski definition) is 1. The zero-order valence-corrected chi connectivity index (χ0v) is 14.0. The van der Waals surface area contributed by atoms with Crippen molar-refractivity contribution in [1.82, 2.24) is 25.5 Å². The Labute approximate surface area is 140 Å². The van der Waals surface area contributed by atoms with E-state index in [9.17, 15) is 9.59 Å². The van der Waals surface area contributed by atoms with Crippen molar-refractivity contribution in [2.75, 3.05) is 7.11 Å². The summed E-state index contributed by atoms with van der Waals surface area (Å²) in [7, 11) is 1.30. The Morgan fingerprint density at radius 3 is 2.62 bits per heavy atom. The second kappa shape index (κ2) is 8.19. The summed E-state index contributed by atoms with van der Waals surface area (Å²) in [6.45, 7) is 3.70. The molecule has 8 nitrogen and oxygen atoms in total. The van der Waals surface area contributed by atoms with E-state index in [1.807, 2.05) is 44.2 Å².